The topological polar surface area (TPSA) is 34.4 Å². The largest absolute Gasteiger partial charge is 0.484 e. The van der Waals surface area contributed by atoms with Crippen LogP contribution in [0.25, 0.3) is 0 Å². The van der Waals surface area contributed by atoms with Crippen molar-refractivity contribution in [2.45, 2.75) is 39.5 Å². The zero-order valence-corrected chi connectivity index (χ0v) is 13.9. The van der Waals surface area contributed by atoms with Gasteiger partial charge < -0.3 is 14.5 Å². The molecule has 1 aromatic heterocycles. The average Bonchev–Trinajstić information content (AvgIpc) is 2.85. The molecule has 0 fully saturated rings. The molecule has 0 spiro atoms. The maximum Gasteiger partial charge on any atom is 0.146 e. The second-order valence-electron chi connectivity index (χ2n) is 5.83. The molecule has 2 aromatic rings. The monoisotopic (exact) mass is 327 g/mol. The van der Waals surface area contributed by atoms with Gasteiger partial charge in [-0.3, -0.25) is 0 Å². The molecule has 1 N–H and O–H groups in total. The summed E-state index contributed by atoms with van der Waals surface area (Å²) < 4.78 is 11.3. The van der Waals surface area contributed by atoms with Gasteiger partial charge in [0.25, 0.3) is 0 Å². The van der Waals surface area contributed by atoms with Gasteiger partial charge in [0.15, 0.2) is 0 Å². The Hall–Kier alpha value is -1.16. The molecule has 114 valence electrons. The fourth-order valence-corrected chi connectivity index (χ4v) is 2.02. The van der Waals surface area contributed by atoms with E-state index in [-0.39, 0.29) is 5.54 Å². The summed E-state index contributed by atoms with van der Waals surface area (Å²) in [6.07, 6.45) is 0. The van der Waals surface area contributed by atoms with Crippen LogP contribution in [-0.2, 0) is 13.2 Å². The maximum atomic E-state index is 6.04. The lowest BCUT2D eigenvalue weighted by Gasteiger charge is -2.19. The molecule has 0 aliphatic rings. The lowest BCUT2D eigenvalue weighted by atomic mass is 10.1. The summed E-state index contributed by atoms with van der Waals surface area (Å²) >= 11 is 12.0. The highest BCUT2D eigenvalue weighted by molar-refractivity contribution is 6.34. The summed E-state index contributed by atoms with van der Waals surface area (Å²) in [5, 5.41) is 4.48. The van der Waals surface area contributed by atoms with Crippen molar-refractivity contribution in [3.05, 3.63) is 51.9 Å². The van der Waals surface area contributed by atoms with Crippen LogP contribution in [0.15, 0.2) is 34.7 Å². The Morgan fingerprint density at radius 2 is 1.81 bits per heavy atom. The third-order valence-electron chi connectivity index (χ3n) is 2.77. The first-order valence-electron chi connectivity index (χ1n) is 6.74. The fourth-order valence-electron chi connectivity index (χ4n) is 1.68. The summed E-state index contributed by atoms with van der Waals surface area (Å²) in [6, 6.07) is 8.96. The molecule has 5 heteroatoms. The van der Waals surface area contributed by atoms with Crippen molar-refractivity contribution in [3.8, 4) is 5.75 Å². The van der Waals surface area contributed by atoms with E-state index in [2.05, 4.69) is 26.1 Å². The van der Waals surface area contributed by atoms with E-state index < -0.39 is 0 Å². The highest BCUT2D eigenvalue weighted by Gasteiger charge is 2.11. The molecule has 0 saturated heterocycles. The lowest BCUT2D eigenvalue weighted by Crippen LogP contribution is -2.34. The summed E-state index contributed by atoms with van der Waals surface area (Å²) in [5.74, 6) is 2.17. The van der Waals surface area contributed by atoms with Crippen molar-refractivity contribution < 1.29 is 9.15 Å². The van der Waals surface area contributed by atoms with Gasteiger partial charge in [-0.05, 0) is 45.0 Å². The number of hydrogen-bond acceptors (Lipinski definition) is 3. The van der Waals surface area contributed by atoms with Crippen LogP contribution in [-0.4, -0.2) is 5.54 Å². The molecule has 0 amide bonds. The van der Waals surface area contributed by atoms with Crippen LogP contribution >= 0.6 is 23.2 Å². The van der Waals surface area contributed by atoms with E-state index in [0.29, 0.717) is 28.9 Å². The van der Waals surface area contributed by atoms with Gasteiger partial charge in [-0.15, -0.1) is 0 Å². The summed E-state index contributed by atoms with van der Waals surface area (Å²) in [7, 11) is 0. The van der Waals surface area contributed by atoms with Gasteiger partial charge in [-0.25, -0.2) is 0 Å². The zero-order valence-electron chi connectivity index (χ0n) is 12.4. The quantitative estimate of drug-likeness (QED) is 0.834. The van der Waals surface area contributed by atoms with Gasteiger partial charge in [0.05, 0.1) is 11.6 Å². The van der Waals surface area contributed by atoms with Crippen molar-refractivity contribution in [1.82, 2.24) is 5.32 Å². The normalized spacial score (nSPS) is 11.7. The smallest absolute Gasteiger partial charge is 0.146 e. The third kappa shape index (κ3) is 5.27. The predicted octanol–water partition coefficient (Wildman–Crippen LogP) is 5.05. The van der Waals surface area contributed by atoms with Gasteiger partial charge in [-0.2, -0.15) is 0 Å². The minimum Gasteiger partial charge on any atom is -0.484 e. The molecule has 21 heavy (non-hydrogen) atoms. The minimum absolute atomic E-state index is 0.0533. The number of halogens is 2. The van der Waals surface area contributed by atoms with E-state index >= 15 is 0 Å². The molecular formula is C16H19Cl2NO2. The average molecular weight is 328 g/mol. The molecule has 1 aromatic carbocycles. The Labute approximate surface area is 135 Å². The molecule has 0 saturated carbocycles. The first-order chi connectivity index (χ1) is 9.83. The van der Waals surface area contributed by atoms with E-state index in [1.807, 2.05) is 12.1 Å². The fraction of sp³-hybridized carbons (Fsp3) is 0.375. The van der Waals surface area contributed by atoms with Crippen molar-refractivity contribution in [2.24, 2.45) is 0 Å². The Bertz CT molecular complexity index is 603. The number of rotatable bonds is 5. The standard InChI is InChI=1S/C16H19Cl2NO2/c1-16(2,3)19-9-12-5-6-13(21-12)10-20-15-8-11(17)4-7-14(15)18/h4-8,19H,9-10H2,1-3H3. The molecule has 2 rings (SSSR count). The highest BCUT2D eigenvalue weighted by atomic mass is 35.5. The van der Waals surface area contributed by atoms with E-state index in [9.17, 15) is 0 Å². The molecule has 1 heterocycles. The Kier molecular flexibility index (Phi) is 5.20. The number of ether oxygens (including phenoxy) is 1. The van der Waals surface area contributed by atoms with E-state index in [4.69, 9.17) is 32.4 Å². The van der Waals surface area contributed by atoms with Crippen LogP contribution in [0.5, 0.6) is 5.75 Å². The van der Waals surface area contributed by atoms with Gasteiger partial charge >= 0.3 is 0 Å². The molecule has 0 aliphatic heterocycles. The first-order valence-corrected chi connectivity index (χ1v) is 7.49. The van der Waals surface area contributed by atoms with Crippen molar-refractivity contribution in [3.63, 3.8) is 0 Å². The SMILES string of the molecule is CC(C)(C)NCc1ccc(COc2cc(Cl)ccc2Cl)o1. The van der Waals surface area contributed by atoms with Gasteiger partial charge in [0, 0.05) is 16.6 Å². The molecule has 0 atom stereocenters. The molecule has 0 bridgehead atoms. The second-order valence-corrected chi connectivity index (χ2v) is 6.68. The molecule has 0 aliphatic carbocycles. The van der Waals surface area contributed by atoms with Crippen molar-refractivity contribution in [2.75, 3.05) is 0 Å². The molecular weight excluding hydrogens is 309 g/mol. The Morgan fingerprint density at radius 3 is 2.52 bits per heavy atom. The van der Waals surface area contributed by atoms with Crippen molar-refractivity contribution in [1.29, 1.82) is 0 Å². The highest BCUT2D eigenvalue weighted by Crippen LogP contribution is 2.28. The van der Waals surface area contributed by atoms with Crippen LogP contribution in [0.1, 0.15) is 32.3 Å². The van der Waals surface area contributed by atoms with Crippen LogP contribution in [0.3, 0.4) is 0 Å². The summed E-state index contributed by atoms with van der Waals surface area (Å²) in [4.78, 5) is 0. The third-order valence-corrected chi connectivity index (χ3v) is 3.32. The van der Waals surface area contributed by atoms with Crippen LogP contribution in [0, 0.1) is 0 Å². The van der Waals surface area contributed by atoms with Gasteiger partial charge in [0.1, 0.15) is 23.9 Å². The minimum atomic E-state index is 0.0533. The van der Waals surface area contributed by atoms with Crippen LogP contribution in [0.2, 0.25) is 10.0 Å². The van der Waals surface area contributed by atoms with E-state index in [0.717, 1.165) is 11.5 Å². The van der Waals surface area contributed by atoms with Crippen molar-refractivity contribution >= 4 is 23.2 Å². The molecule has 0 unspecified atom stereocenters. The zero-order chi connectivity index (χ0) is 15.5. The van der Waals surface area contributed by atoms with E-state index in [1.54, 1.807) is 18.2 Å². The number of benzene rings is 1. The predicted molar refractivity (Wildman–Crippen MR) is 86.1 cm³/mol. The maximum absolute atomic E-state index is 6.04. The molecule has 0 radical (unpaired) electrons. The number of hydrogen-bond donors (Lipinski definition) is 1. The Balaban J connectivity index is 1.92. The number of furan rings is 1. The van der Waals surface area contributed by atoms with Gasteiger partial charge in [0.2, 0.25) is 0 Å². The Morgan fingerprint density at radius 1 is 1.10 bits per heavy atom. The van der Waals surface area contributed by atoms with Crippen LogP contribution < -0.4 is 10.1 Å². The van der Waals surface area contributed by atoms with E-state index in [1.165, 1.54) is 0 Å². The summed E-state index contributed by atoms with van der Waals surface area (Å²) in [6.45, 7) is 7.33. The number of nitrogens with one attached hydrogen (secondary N) is 1. The first kappa shape index (κ1) is 16.2. The lowest BCUT2D eigenvalue weighted by molar-refractivity contribution is 0.263. The van der Waals surface area contributed by atoms with Crippen LogP contribution in [0.4, 0.5) is 0 Å². The summed E-state index contributed by atoms with van der Waals surface area (Å²) in [5.41, 5.74) is 0.0533. The molecule has 3 nitrogen and oxygen atoms in total. The van der Waals surface area contributed by atoms with Gasteiger partial charge in [-0.1, -0.05) is 23.2 Å². The second kappa shape index (κ2) is 6.73.